The lowest BCUT2D eigenvalue weighted by Gasteiger charge is -2.23. The molecule has 0 aliphatic carbocycles. The van der Waals surface area contributed by atoms with Gasteiger partial charge >= 0.3 is 0 Å². The second-order valence-electron chi connectivity index (χ2n) is 4.45. The highest BCUT2D eigenvalue weighted by atomic mass is 16.5. The van der Waals surface area contributed by atoms with E-state index in [2.05, 4.69) is 27.7 Å². The first-order chi connectivity index (χ1) is 6.61. The molecule has 0 aliphatic heterocycles. The number of rotatable bonds is 8. The molecule has 0 spiro atoms. The van der Waals surface area contributed by atoms with E-state index in [1.165, 1.54) is 0 Å². The van der Waals surface area contributed by atoms with Gasteiger partial charge in [-0.3, -0.25) is 0 Å². The predicted octanol–water partition coefficient (Wildman–Crippen LogP) is 2.96. The first-order valence-corrected chi connectivity index (χ1v) is 5.98. The molecule has 0 amide bonds. The number of hydrogen-bond donors (Lipinski definition) is 1. The average Bonchev–Trinajstić information content (AvgIpc) is 2.12. The summed E-state index contributed by atoms with van der Waals surface area (Å²) in [7, 11) is 0. The minimum atomic E-state index is 0.220. The Morgan fingerprint density at radius 1 is 1.14 bits per heavy atom. The van der Waals surface area contributed by atoms with Gasteiger partial charge in [-0.15, -0.1) is 0 Å². The zero-order chi connectivity index (χ0) is 11.0. The van der Waals surface area contributed by atoms with Gasteiger partial charge in [0.2, 0.25) is 0 Å². The SMILES string of the molecule is CCCC(N)C(CC)OCCC(C)C. The van der Waals surface area contributed by atoms with Crippen LogP contribution in [0.25, 0.3) is 0 Å². The van der Waals surface area contributed by atoms with Gasteiger partial charge in [0.05, 0.1) is 6.10 Å². The minimum absolute atomic E-state index is 0.220. The van der Waals surface area contributed by atoms with Crippen LogP contribution in [0.1, 0.15) is 53.4 Å². The molecule has 0 aromatic rings. The van der Waals surface area contributed by atoms with Crippen molar-refractivity contribution >= 4 is 0 Å². The zero-order valence-corrected chi connectivity index (χ0v) is 10.3. The molecule has 86 valence electrons. The van der Waals surface area contributed by atoms with Gasteiger partial charge in [-0.25, -0.2) is 0 Å². The van der Waals surface area contributed by atoms with E-state index < -0.39 is 0 Å². The van der Waals surface area contributed by atoms with E-state index in [1.54, 1.807) is 0 Å². The molecule has 0 rings (SSSR count). The summed E-state index contributed by atoms with van der Waals surface area (Å²) in [4.78, 5) is 0. The number of nitrogens with two attached hydrogens (primary N) is 1. The van der Waals surface area contributed by atoms with Gasteiger partial charge in [-0.1, -0.05) is 34.1 Å². The monoisotopic (exact) mass is 201 g/mol. The molecule has 0 aromatic heterocycles. The molecule has 0 fully saturated rings. The Morgan fingerprint density at radius 3 is 2.21 bits per heavy atom. The molecular weight excluding hydrogens is 174 g/mol. The van der Waals surface area contributed by atoms with Crippen LogP contribution >= 0.6 is 0 Å². The quantitative estimate of drug-likeness (QED) is 0.655. The minimum Gasteiger partial charge on any atom is -0.377 e. The summed E-state index contributed by atoms with van der Waals surface area (Å²) >= 11 is 0. The fourth-order valence-corrected chi connectivity index (χ4v) is 1.52. The Hall–Kier alpha value is -0.0800. The van der Waals surface area contributed by atoms with Gasteiger partial charge in [0, 0.05) is 12.6 Å². The average molecular weight is 201 g/mol. The Labute approximate surface area is 89.2 Å². The van der Waals surface area contributed by atoms with Crippen molar-refractivity contribution < 1.29 is 4.74 Å². The van der Waals surface area contributed by atoms with E-state index in [1.807, 2.05) is 0 Å². The number of ether oxygens (including phenoxy) is 1. The van der Waals surface area contributed by atoms with E-state index in [0.29, 0.717) is 0 Å². The third kappa shape index (κ3) is 6.39. The summed E-state index contributed by atoms with van der Waals surface area (Å²) in [5.41, 5.74) is 6.03. The highest BCUT2D eigenvalue weighted by molar-refractivity contribution is 4.71. The molecule has 0 aliphatic rings. The second kappa shape index (κ2) is 8.25. The van der Waals surface area contributed by atoms with Crippen LogP contribution < -0.4 is 5.73 Å². The first kappa shape index (κ1) is 13.9. The van der Waals surface area contributed by atoms with Crippen molar-refractivity contribution in [2.45, 2.75) is 65.5 Å². The molecule has 0 bridgehead atoms. The lowest BCUT2D eigenvalue weighted by Crippen LogP contribution is -2.36. The van der Waals surface area contributed by atoms with E-state index in [4.69, 9.17) is 10.5 Å². The Kier molecular flexibility index (Phi) is 8.20. The summed E-state index contributed by atoms with van der Waals surface area (Å²) < 4.78 is 5.79. The second-order valence-corrected chi connectivity index (χ2v) is 4.45. The van der Waals surface area contributed by atoms with Crippen LogP contribution in [0.4, 0.5) is 0 Å². The fraction of sp³-hybridized carbons (Fsp3) is 1.00. The van der Waals surface area contributed by atoms with Crippen molar-refractivity contribution in [2.75, 3.05) is 6.61 Å². The molecule has 0 heterocycles. The molecule has 0 radical (unpaired) electrons. The Bertz CT molecular complexity index is 125. The highest BCUT2D eigenvalue weighted by Gasteiger charge is 2.15. The van der Waals surface area contributed by atoms with Gasteiger partial charge in [-0.05, 0) is 25.2 Å². The molecule has 0 saturated carbocycles. The van der Waals surface area contributed by atoms with Crippen LogP contribution in [0.3, 0.4) is 0 Å². The third-order valence-corrected chi connectivity index (χ3v) is 2.53. The third-order valence-electron chi connectivity index (χ3n) is 2.53. The summed E-state index contributed by atoms with van der Waals surface area (Å²) in [6.45, 7) is 9.61. The van der Waals surface area contributed by atoms with Crippen molar-refractivity contribution in [1.29, 1.82) is 0 Å². The van der Waals surface area contributed by atoms with Gasteiger partial charge in [0.1, 0.15) is 0 Å². The molecule has 0 saturated heterocycles. The summed E-state index contributed by atoms with van der Waals surface area (Å²) in [5, 5.41) is 0. The van der Waals surface area contributed by atoms with Crippen molar-refractivity contribution in [3.8, 4) is 0 Å². The van der Waals surface area contributed by atoms with Crippen molar-refractivity contribution in [3.05, 3.63) is 0 Å². The summed E-state index contributed by atoms with van der Waals surface area (Å²) in [5.74, 6) is 0.718. The molecule has 0 aromatic carbocycles. The van der Waals surface area contributed by atoms with Gasteiger partial charge < -0.3 is 10.5 Å². The highest BCUT2D eigenvalue weighted by Crippen LogP contribution is 2.09. The molecule has 2 atom stereocenters. The lowest BCUT2D eigenvalue weighted by molar-refractivity contribution is 0.0253. The van der Waals surface area contributed by atoms with Crippen LogP contribution in [0.2, 0.25) is 0 Å². The lowest BCUT2D eigenvalue weighted by atomic mass is 10.0. The topological polar surface area (TPSA) is 35.2 Å². The standard InChI is InChI=1S/C12H27NO/c1-5-7-11(13)12(6-2)14-9-8-10(3)4/h10-12H,5-9,13H2,1-4H3. The van der Waals surface area contributed by atoms with Gasteiger partial charge in [0.25, 0.3) is 0 Å². The van der Waals surface area contributed by atoms with Crippen LogP contribution in [-0.2, 0) is 4.74 Å². The van der Waals surface area contributed by atoms with Gasteiger partial charge in [-0.2, -0.15) is 0 Å². The maximum atomic E-state index is 6.03. The Balaban J connectivity index is 3.66. The van der Waals surface area contributed by atoms with Crippen LogP contribution in [0.5, 0.6) is 0 Å². The summed E-state index contributed by atoms with van der Waals surface area (Å²) in [6, 6.07) is 0.220. The fourth-order valence-electron chi connectivity index (χ4n) is 1.52. The van der Waals surface area contributed by atoms with E-state index in [9.17, 15) is 0 Å². The van der Waals surface area contributed by atoms with E-state index in [0.717, 1.165) is 38.2 Å². The Morgan fingerprint density at radius 2 is 1.79 bits per heavy atom. The first-order valence-electron chi connectivity index (χ1n) is 5.98. The predicted molar refractivity (Wildman–Crippen MR) is 62.4 cm³/mol. The molecule has 2 nitrogen and oxygen atoms in total. The maximum Gasteiger partial charge on any atom is 0.0723 e. The molecule has 2 N–H and O–H groups in total. The van der Waals surface area contributed by atoms with E-state index in [-0.39, 0.29) is 12.1 Å². The summed E-state index contributed by atoms with van der Waals surface area (Å²) in [6.07, 6.45) is 4.63. The normalized spacial score (nSPS) is 15.9. The van der Waals surface area contributed by atoms with Crippen molar-refractivity contribution in [1.82, 2.24) is 0 Å². The van der Waals surface area contributed by atoms with Crippen molar-refractivity contribution in [3.63, 3.8) is 0 Å². The smallest absolute Gasteiger partial charge is 0.0723 e. The maximum absolute atomic E-state index is 6.03. The van der Waals surface area contributed by atoms with Gasteiger partial charge in [0.15, 0.2) is 0 Å². The molecule has 2 unspecified atom stereocenters. The molecule has 14 heavy (non-hydrogen) atoms. The van der Waals surface area contributed by atoms with Crippen LogP contribution in [-0.4, -0.2) is 18.8 Å². The molecular formula is C12H27NO. The number of hydrogen-bond acceptors (Lipinski definition) is 2. The zero-order valence-electron chi connectivity index (χ0n) is 10.3. The van der Waals surface area contributed by atoms with Crippen LogP contribution in [0, 0.1) is 5.92 Å². The largest absolute Gasteiger partial charge is 0.377 e. The van der Waals surface area contributed by atoms with Crippen LogP contribution in [0.15, 0.2) is 0 Å². The van der Waals surface area contributed by atoms with E-state index >= 15 is 0 Å². The van der Waals surface area contributed by atoms with Crippen molar-refractivity contribution in [2.24, 2.45) is 11.7 Å². The molecule has 2 heteroatoms.